The first-order chi connectivity index (χ1) is 19.7. The van der Waals surface area contributed by atoms with Crippen LogP contribution in [0.2, 0.25) is 0 Å². The van der Waals surface area contributed by atoms with Crippen LogP contribution in [0, 0.1) is 0 Å². The Morgan fingerprint density at radius 3 is 2.37 bits per heavy atom. The largest absolute Gasteiger partial charge is 0.508 e. The number of aromatic hydroxyl groups is 1. The molecule has 10 nitrogen and oxygen atoms in total. The fourth-order valence-electron chi connectivity index (χ4n) is 5.09. The summed E-state index contributed by atoms with van der Waals surface area (Å²) < 4.78 is 17.0. The second kappa shape index (κ2) is 13.1. The predicted octanol–water partition coefficient (Wildman–Crippen LogP) is 4.40. The summed E-state index contributed by atoms with van der Waals surface area (Å²) in [6.45, 7) is 1.85. The van der Waals surface area contributed by atoms with Crippen LogP contribution < -0.4 is 35.6 Å². The zero-order chi connectivity index (χ0) is 29.5. The van der Waals surface area contributed by atoms with Gasteiger partial charge in [0.1, 0.15) is 5.75 Å². The molecule has 41 heavy (non-hydrogen) atoms. The molecule has 2 amide bonds. The van der Waals surface area contributed by atoms with Crippen molar-refractivity contribution in [3.05, 3.63) is 69.9 Å². The van der Waals surface area contributed by atoms with Gasteiger partial charge in [0, 0.05) is 31.1 Å². The maximum atomic E-state index is 13.4. The van der Waals surface area contributed by atoms with Gasteiger partial charge in [0.2, 0.25) is 23.0 Å². The van der Waals surface area contributed by atoms with Crippen LogP contribution in [-0.4, -0.2) is 44.8 Å². The van der Waals surface area contributed by atoms with Gasteiger partial charge >= 0.3 is 0 Å². The monoisotopic (exact) mass is 561 g/mol. The van der Waals surface area contributed by atoms with Crippen LogP contribution in [0.15, 0.2) is 53.3 Å². The number of aryl methyl sites for hydroxylation is 1. The van der Waals surface area contributed by atoms with Crippen LogP contribution in [0.5, 0.6) is 23.0 Å². The summed E-state index contributed by atoms with van der Waals surface area (Å²) in [4.78, 5) is 37.8. The minimum absolute atomic E-state index is 0.123. The Morgan fingerprint density at radius 2 is 1.71 bits per heavy atom. The molecule has 216 valence electrons. The number of rotatable bonds is 10. The molecule has 3 aromatic carbocycles. The Labute approximate surface area is 238 Å². The summed E-state index contributed by atoms with van der Waals surface area (Å²) in [6.07, 6.45) is 1.92. The fourth-order valence-corrected chi connectivity index (χ4v) is 5.09. The number of methoxy groups -OCH3 is 3. The van der Waals surface area contributed by atoms with E-state index in [9.17, 15) is 19.5 Å². The molecule has 0 unspecified atom stereocenters. The van der Waals surface area contributed by atoms with Crippen molar-refractivity contribution in [1.82, 2.24) is 5.32 Å². The van der Waals surface area contributed by atoms with E-state index >= 15 is 0 Å². The molecule has 0 saturated heterocycles. The summed E-state index contributed by atoms with van der Waals surface area (Å²) in [5, 5.41) is 18.3. The number of amides is 2. The van der Waals surface area contributed by atoms with Crippen molar-refractivity contribution in [3.8, 4) is 34.1 Å². The van der Waals surface area contributed by atoms with Gasteiger partial charge in [-0.25, -0.2) is 0 Å². The Hall–Kier alpha value is -4.73. The van der Waals surface area contributed by atoms with Crippen LogP contribution >= 0.6 is 0 Å². The number of benzene rings is 2. The number of hydrogen-bond acceptors (Lipinski definition) is 8. The van der Waals surface area contributed by atoms with E-state index in [1.165, 1.54) is 26.2 Å². The zero-order valence-electron chi connectivity index (χ0n) is 23.6. The van der Waals surface area contributed by atoms with Gasteiger partial charge in [-0.1, -0.05) is 6.07 Å². The lowest BCUT2D eigenvalue weighted by Gasteiger charge is -2.19. The molecule has 0 fully saturated rings. The predicted molar refractivity (Wildman–Crippen MR) is 157 cm³/mol. The van der Waals surface area contributed by atoms with Gasteiger partial charge in [0.05, 0.1) is 33.1 Å². The maximum Gasteiger partial charge on any atom is 0.224 e. The van der Waals surface area contributed by atoms with E-state index in [1.54, 1.807) is 38.5 Å². The standard InChI is InChI=1S/C31H35N3O7/c1-18(35)33-24-13-7-19-16-27(39-2)30(40-3)31(41-4)29(19)22-12-14-25(26(37)17-23(22)24)32-15-5-6-28(38)34-20-8-10-21(36)11-9-20/h8-12,14,16-17,24,36H,5-7,13,15H2,1-4H3,(H,32,37)(H,33,35)(H,34,38)/t24-/m1/s1. The molecule has 1 aliphatic rings. The zero-order valence-corrected chi connectivity index (χ0v) is 23.6. The average Bonchev–Trinajstić information content (AvgIpc) is 3.19. The molecular formula is C31H35N3O7. The van der Waals surface area contributed by atoms with E-state index in [4.69, 9.17) is 14.2 Å². The normalized spacial score (nSPS) is 13.6. The van der Waals surface area contributed by atoms with Crippen LogP contribution in [0.4, 0.5) is 11.4 Å². The number of carbonyl (C=O) groups excluding carboxylic acids is 2. The van der Waals surface area contributed by atoms with Gasteiger partial charge in [-0.05, 0) is 78.4 Å². The molecule has 4 N–H and O–H groups in total. The number of phenolic OH excluding ortho intramolecular Hbond substituents is 1. The van der Waals surface area contributed by atoms with E-state index in [-0.39, 0.29) is 29.4 Å². The lowest BCUT2D eigenvalue weighted by molar-refractivity contribution is -0.119. The summed E-state index contributed by atoms with van der Waals surface area (Å²) in [5.41, 5.74) is 3.88. The number of ether oxygens (including phenoxy) is 3. The third kappa shape index (κ3) is 6.71. The molecule has 0 radical (unpaired) electrons. The summed E-state index contributed by atoms with van der Waals surface area (Å²) in [7, 11) is 4.66. The van der Waals surface area contributed by atoms with Crippen LogP contribution in [0.25, 0.3) is 11.1 Å². The Bertz CT molecular complexity index is 1490. The summed E-state index contributed by atoms with van der Waals surface area (Å²) in [5.74, 6) is 1.21. The van der Waals surface area contributed by atoms with Crippen molar-refractivity contribution >= 4 is 23.2 Å². The highest BCUT2D eigenvalue weighted by Gasteiger charge is 2.29. The third-order valence-corrected chi connectivity index (χ3v) is 6.96. The number of hydrogen-bond donors (Lipinski definition) is 4. The van der Waals surface area contributed by atoms with Gasteiger partial charge in [-0.15, -0.1) is 0 Å². The van der Waals surface area contributed by atoms with Gasteiger partial charge < -0.3 is 35.3 Å². The summed E-state index contributed by atoms with van der Waals surface area (Å²) in [6, 6.07) is 12.9. The molecule has 3 aromatic rings. The van der Waals surface area contributed by atoms with E-state index in [2.05, 4.69) is 16.0 Å². The highest BCUT2D eigenvalue weighted by atomic mass is 16.5. The lowest BCUT2D eigenvalue weighted by Crippen LogP contribution is -2.26. The number of phenols is 1. The molecule has 4 rings (SSSR count). The quantitative estimate of drug-likeness (QED) is 0.211. The number of fused-ring (bicyclic) bond motifs is 3. The topological polar surface area (TPSA) is 135 Å². The highest BCUT2D eigenvalue weighted by Crippen LogP contribution is 2.50. The van der Waals surface area contributed by atoms with Crippen molar-refractivity contribution in [3.63, 3.8) is 0 Å². The third-order valence-electron chi connectivity index (χ3n) is 6.96. The number of nitrogens with one attached hydrogen (secondary N) is 3. The molecule has 10 heteroatoms. The van der Waals surface area contributed by atoms with E-state index in [1.807, 2.05) is 12.1 Å². The van der Waals surface area contributed by atoms with Crippen molar-refractivity contribution in [1.29, 1.82) is 0 Å². The Kier molecular flexibility index (Phi) is 9.34. The van der Waals surface area contributed by atoms with Crippen LogP contribution in [0.3, 0.4) is 0 Å². The molecular weight excluding hydrogens is 526 g/mol. The van der Waals surface area contributed by atoms with E-state index in [0.717, 1.165) is 16.7 Å². The van der Waals surface area contributed by atoms with Crippen molar-refractivity contribution < 1.29 is 28.9 Å². The van der Waals surface area contributed by atoms with Gasteiger partial charge in [0.15, 0.2) is 11.5 Å². The first-order valence-corrected chi connectivity index (χ1v) is 13.4. The lowest BCUT2D eigenvalue weighted by atomic mass is 9.95. The first-order valence-electron chi connectivity index (χ1n) is 13.4. The van der Waals surface area contributed by atoms with Gasteiger partial charge in [-0.3, -0.25) is 14.4 Å². The second-order valence-electron chi connectivity index (χ2n) is 9.72. The van der Waals surface area contributed by atoms with Crippen molar-refractivity contribution in [2.24, 2.45) is 0 Å². The van der Waals surface area contributed by atoms with Crippen LogP contribution in [-0.2, 0) is 16.0 Å². The highest BCUT2D eigenvalue weighted by molar-refractivity contribution is 5.90. The minimum atomic E-state index is -0.395. The van der Waals surface area contributed by atoms with E-state index < -0.39 is 6.04 Å². The van der Waals surface area contributed by atoms with E-state index in [0.29, 0.717) is 60.0 Å². The SMILES string of the molecule is COc1cc2c(c(OC)c1OC)-c1ccc(NCCCC(=O)Nc3ccc(O)cc3)c(=O)cc1[C@H](NC(C)=O)CC2. The molecule has 0 bridgehead atoms. The van der Waals surface area contributed by atoms with Crippen molar-refractivity contribution in [2.75, 3.05) is 38.5 Å². The van der Waals surface area contributed by atoms with Crippen LogP contribution in [0.1, 0.15) is 43.4 Å². The molecule has 0 saturated carbocycles. The Balaban J connectivity index is 1.63. The molecule has 0 aliphatic heterocycles. The molecule has 0 spiro atoms. The second-order valence-corrected chi connectivity index (χ2v) is 9.72. The van der Waals surface area contributed by atoms with Gasteiger partial charge in [-0.2, -0.15) is 0 Å². The first kappa shape index (κ1) is 29.3. The van der Waals surface area contributed by atoms with Crippen molar-refractivity contribution in [2.45, 2.75) is 38.6 Å². The van der Waals surface area contributed by atoms with Gasteiger partial charge in [0.25, 0.3) is 0 Å². The fraction of sp³-hybridized carbons (Fsp3) is 0.323. The summed E-state index contributed by atoms with van der Waals surface area (Å²) >= 11 is 0. The maximum absolute atomic E-state index is 13.4. The number of carbonyl (C=O) groups is 2. The minimum Gasteiger partial charge on any atom is -0.508 e. The molecule has 1 atom stereocenters. The number of anilines is 2. The molecule has 1 aliphatic carbocycles. The molecule has 0 heterocycles. The average molecular weight is 562 g/mol. The smallest absolute Gasteiger partial charge is 0.224 e. The Morgan fingerprint density at radius 1 is 0.976 bits per heavy atom. The molecule has 0 aromatic heterocycles.